The molecule has 1 aliphatic heterocycles. The second kappa shape index (κ2) is 4.59. The first-order chi connectivity index (χ1) is 9.55. The lowest BCUT2D eigenvalue weighted by Gasteiger charge is -2.43. The highest BCUT2D eigenvalue weighted by Gasteiger charge is 2.38. The third kappa shape index (κ3) is 1.89. The largest absolute Gasteiger partial charge is 0.351 e. The molecule has 1 unspecified atom stereocenters. The van der Waals surface area contributed by atoms with Gasteiger partial charge in [-0.25, -0.2) is 0 Å². The van der Waals surface area contributed by atoms with Crippen LogP contribution < -0.4 is 10.2 Å². The number of anilines is 1. The highest BCUT2D eigenvalue weighted by Crippen LogP contribution is 2.41. The van der Waals surface area contributed by atoms with Gasteiger partial charge in [-0.15, -0.1) is 11.3 Å². The molecule has 3 rings (SSSR count). The number of amides is 1. The maximum absolute atomic E-state index is 12.3. The number of pyridine rings is 1. The van der Waals surface area contributed by atoms with Crippen LogP contribution in [-0.2, 0) is 0 Å². The molecule has 0 spiro atoms. The van der Waals surface area contributed by atoms with E-state index in [1.54, 1.807) is 12.4 Å². The number of rotatable bonds is 2. The molecule has 0 radical (unpaired) electrons. The van der Waals surface area contributed by atoms with Crippen molar-refractivity contribution in [1.82, 2.24) is 10.3 Å². The molecule has 0 saturated carbocycles. The Kier molecular flexibility index (Phi) is 3.01. The molecule has 0 saturated heterocycles. The average molecular weight is 287 g/mol. The zero-order valence-electron chi connectivity index (χ0n) is 11.8. The summed E-state index contributed by atoms with van der Waals surface area (Å²) in [6.45, 7) is 4.13. The van der Waals surface area contributed by atoms with Crippen molar-refractivity contribution < 1.29 is 4.79 Å². The lowest BCUT2D eigenvalue weighted by atomic mass is 10.0. The Morgan fingerprint density at radius 3 is 2.75 bits per heavy atom. The second-order valence-electron chi connectivity index (χ2n) is 5.20. The third-order valence-electron chi connectivity index (χ3n) is 4.06. The fourth-order valence-electron chi connectivity index (χ4n) is 2.43. The molecule has 0 aliphatic carbocycles. The van der Waals surface area contributed by atoms with E-state index in [2.05, 4.69) is 35.1 Å². The quantitative estimate of drug-likeness (QED) is 0.923. The number of hydrogen-bond donors (Lipinski definition) is 1. The van der Waals surface area contributed by atoms with Crippen molar-refractivity contribution >= 4 is 22.9 Å². The maximum atomic E-state index is 12.3. The number of fused-ring (bicyclic) bond motifs is 1. The van der Waals surface area contributed by atoms with Gasteiger partial charge in [-0.3, -0.25) is 9.78 Å². The molecular formula is C15H17N3OS. The lowest BCUT2D eigenvalue weighted by molar-refractivity contribution is 0.0894. The van der Waals surface area contributed by atoms with Crippen molar-refractivity contribution in [3.63, 3.8) is 0 Å². The van der Waals surface area contributed by atoms with Crippen LogP contribution in [0.2, 0.25) is 0 Å². The van der Waals surface area contributed by atoms with Crippen LogP contribution in [0.4, 0.5) is 5.69 Å². The fourth-order valence-corrected chi connectivity index (χ4v) is 3.52. The van der Waals surface area contributed by atoms with E-state index in [-0.39, 0.29) is 11.6 Å². The number of nitrogens with one attached hydrogen (secondary N) is 1. The summed E-state index contributed by atoms with van der Waals surface area (Å²) in [5, 5.41) is 3.10. The molecule has 2 aromatic rings. The number of carbonyl (C=O) groups is 1. The summed E-state index contributed by atoms with van der Waals surface area (Å²) in [5.41, 5.74) is 1.79. The zero-order valence-corrected chi connectivity index (χ0v) is 12.6. The zero-order chi connectivity index (χ0) is 14.3. The summed E-state index contributed by atoms with van der Waals surface area (Å²) in [7, 11) is 2.03. The first kappa shape index (κ1) is 13.1. The van der Waals surface area contributed by atoms with Gasteiger partial charge in [0.25, 0.3) is 5.91 Å². The van der Waals surface area contributed by atoms with Gasteiger partial charge in [0.15, 0.2) is 0 Å². The van der Waals surface area contributed by atoms with Crippen molar-refractivity contribution in [2.24, 2.45) is 0 Å². The molecule has 2 aromatic heterocycles. The van der Waals surface area contributed by atoms with Crippen molar-refractivity contribution in [3.05, 3.63) is 35.5 Å². The highest BCUT2D eigenvalue weighted by atomic mass is 32.1. The fraction of sp³-hybridized carbons (Fsp3) is 0.333. The van der Waals surface area contributed by atoms with Gasteiger partial charge in [0.2, 0.25) is 0 Å². The van der Waals surface area contributed by atoms with Gasteiger partial charge in [-0.1, -0.05) is 6.92 Å². The van der Waals surface area contributed by atoms with Crippen LogP contribution in [0.3, 0.4) is 0 Å². The minimum Gasteiger partial charge on any atom is -0.351 e. The number of nitrogens with zero attached hydrogens (tertiary/aromatic N) is 2. The Balaban J connectivity index is 2.09. The van der Waals surface area contributed by atoms with Gasteiger partial charge >= 0.3 is 0 Å². The van der Waals surface area contributed by atoms with E-state index in [0.717, 1.165) is 27.4 Å². The molecule has 4 nitrogen and oxygen atoms in total. The van der Waals surface area contributed by atoms with Crippen molar-refractivity contribution in [1.29, 1.82) is 0 Å². The minimum absolute atomic E-state index is 0.0211. The minimum atomic E-state index is -0.319. The molecule has 0 fully saturated rings. The topological polar surface area (TPSA) is 45.2 Å². The number of hydrogen-bond acceptors (Lipinski definition) is 4. The molecule has 0 bridgehead atoms. The van der Waals surface area contributed by atoms with E-state index in [4.69, 9.17) is 0 Å². The van der Waals surface area contributed by atoms with Crippen LogP contribution >= 0.6 is 11.3 Å². The molecule has 1 aliphatic rings. The molecule has 20 heavy (non-hydrogen) atoms. The molecule has 104 valence electrons. The van der Waals surface area contributed by atoms with Gasteiger partial charge in [-0.05, 0) is 37.1 Å². The van der Waals surface area contributed by atoms with E-state index in [9.17, 15) is 4.79 Å². The molecule has 3 heterocycles. The lowest BCUT2D eigenvalue weighted by Crippen LogP contribution is -2.60. The summed E-state index contributed by atoms with van der Waals surface area (Å²) in [4.78, 5) is 20.4. The van der Waals surface area contributed by atoms with Crippen molar-refractivity contribution in [2.75, 3.05) is 11.9 Å². The summed E-state index contributed by atoms with van der Waals surface area (Å²) in [6.07, 6.45) is 4.40. The van der Waals surface area contributed by atoms with Crippen LogP contribution in [0, 0.1) is 0 Å². The van der Waals surface area contributed by atoms with Gasteiger partial charge in [0.05, 0.1) is 5.69 Å². The van der Waals surface area contributed by atoms with E-state index in [1.165, 1.54) is 11.3 Å². The SMILES string of the molecule is CCC1(C)NC(=O)c2sc(-c3ccncc3)cc2N1C. The van der Waals surface area contributed by atoms with Crippen LogP contribution in [0.25, 0.3) is 10.4 Å². The maximum Gasteiger partial charge on any atom is 0.265 e. The second-order valence-corrected chi connectivity index (χ2v) is 6.25. The summed E-state index contributed by atoms with van der Waals surface area (Å²) >= 11 is 1.53. The Morgan fingerprint density at radius 2 is 2.10 bits per heavy atom. The van der Waals surface area contributed by atoms with E-state index >= 15 is 0 Å². The summed E-state index contributed by atoms with van der Waals surface area (Å²) < 4.78 is 0. The third-order valence-corrected chi connectivity index (χ3v) is 5.23. The smallest absolute Gasteiger partial charge is 0.265 e. The van der Waals surface area contributed by atoms with Crippen LogP contribution in [0.1, 0.15) is 29.9 Å². The van der Waals surface area contributed by atoms with Crippen LogP contribution in [0.15, 0.2) is 30.6 Å². The van der Waals surface area contributed by atoms with E-state index in [0.29, 0.717) is 0 Å². The Hall–Kier alpha value is -1.88. The molecular weight excluding hydrogens is 270 g/mol. The number of aromatic nitrogens is 1. The number of thiophene rings is 1. The Bertz CT molecular complexity index is 652. The molecule has 1 atom stereocenters. The summed E-state index contributed by atoms with van der Waals surface area (Å²) in [6, 6.07) is 6.03. The first-order valence-corrected chi connectivity index (χ1v) is 7.47. The first-order valence-electron chi connectivity index (χ1n) is 6.66. The number of carbonyl (C=O) groups excluding carboxylic acids is 1. The van der Waals surface area contributed by atoms with Gasteiger partial charge in [-0.2, -0.15) is 0 Å². The Labute approximate surface area is 122 Å². The molecule has 1 amide bonds. The monoisotopic (exact) mass is 287 g/mol. The standard InChI is InChI=1S/C15H17N3OS/c1-4-15(2)17-14(19)13-11(18(15)3)9-12(20-13)10-5-7-16-8-6-10/h5-9H,4H2,1-3H3,(H,17,19). The van der Waals surface area contributed by atoms with Gasteiger partial charge < -0.3 is 10.2 Å². The van der Waals surface area contributed by atoms with Crippen LogP contribution in [0.5, 0.6) is 0 Å². The van der Waals surface area contributed by atoms with Gasteiger partial charge in [0, 0.05) is 24.3 Å². The molecule has 0 aromatic carbocycles. The van der Waals surface area contributed by atoms with Gasteiger partial charge in [0.1, 0.15) is 10.5 Å². The highest BCUT2D eigenvalue weighted by molar-refractivity contribution is 7.18. The molecule has 1 N–H and O–H groups in total. The van der Waals surface area contributed by atoms with Crippen LogP contribution in [-0.4, -0.2) is 23.6 Å². The van der Waals surface area contributed by atoms with E-state index in [1.807, 2.05) is 19.2 Å². The molecule has 5 heteroatoms. The normalized spacial score (nSPS) is 21.6. The predicted octanol–water partition coefficient (Wildman–Crippen LogP) is 3.12. The average Bonchev–Trinajstić information content (AvgIpc) is 2.92. The van der Waals surface area contributed by atoms with Crippen molar-refractivity contribution in [3.8, 4) is 10.4 Å². The Morgan fingerprint density at radius 1 is 1.40 bits per heavy atom. The van der Waals surface area contributed by atoms with Crippen molar-refractivity contribution in [2.45, 2.75) is 25.9 Å². The summed E-state index contributed by atoms with van der Waals surface area (Å²) in [5.74, 6) is 0.0211. The predicted molar refractivity (Wildman–Crippen MR) is 82.1 cm³/mol. The van der Waals surface area contributed by atoms with E-state index < -0.39 is 0 Å².